The SMILES string of the molecule is C=C1NC(=O)N[C@@H](c2ccc(C(C)(C)C)cc2)[C@@H]1C(=O)c1ccccc1. The van der Waals surface area contributed by atoms with Gasteiger partial charge < -0.3 is 10.6 Å². The Hall–Kier alpha value is -2.88. The van der Waals surface area contributed by atoms with Crippen LogP contribution in [-0.2, 0) is 5.41 Å². The summed E-state index contributed by atoms with van der Waals surface area (Å²) in [5, 5.41) is 5.54. The molecule has 0 aromatic heterocycles. The van der Waals surface area contributed by atoms with E-state index in [4.69, 9.17) is 0 Å². The minimum atomic E-state index is -0.560. The zero-order chi connectivity index (χ0) is 18.9. The Kier molecular flexibility index (Phi) is 4.68. The van der Waals surface area contributed by atoms with E-state index in [1.165, 1.54) is 5.56 Å². The lowest BCUT2D eigenvalue weighted by Gasteiger charge is -2.34. The zero-order valence-electron chi connectivity index (χ0n) is 15.4. The van der Waals surface area contributed by atoms with E-state index in [0.29, 0.717) is 11.3 Å². The first-order valence-corrected chi connectivity index (χ1v) is 8.73. The average molecular weight is 348 g/mol. The molecule has 1 aliphatic rings. The van der Waals surface area contributed by atoms with Crippen LogP contribution >= 0.6 is 0 Å². The van der Waals surface area contributed by atoms with Gasteiger partial charge in [-0.25, -0.2) is 4.79 Å². The fourth-order valence-corrected chi connectivity index (χ4v) is 3.24. The molecule has 1 fully saturated rings. The number of hydrogen-bond acceptors (Lipinski definition) is 2. The third-order valence-corrected chi connectivity index (χ3v) is 4.75. The van der Waals surface area contributed by atoms with Gasteiger partial charge in [0.15, 0.2) is 5.78 Å². The molecule has 0 saturated carbocycles. The van der Waals surface area contributed by atoms with Gasteiger partial charge in [0, 0.05) is 11.3 Å². The quantitative estimate of drug-likeness (QED) is 0.810. The molecule has 0 aliphatic carbocycles. The largest absolute Gasteiger partial charge is 0.330 e. The molecule has 0 unspecified atom stereocenters. The summed E-state index contributed by atoms with van der Waals surface area (Å²) in [7, 11) is 0. The summed E-state index contributed by atoms with van der Waals surface area (Å²) in [6, 6.07) is 16.4. The number of carbonyl (C=O) groups is 2. The fraction of sp³-hybridized carbons (Fsp3) is 0.273. The van der Waals surface area contributed by atoms with Crippen molar-refractivity contribution in [3.8, 4) is 0 Å². The Labute approximate surface area is 154 Å². The van der Waals surface area contributed by atoms with Crippen LogP contribution < -0.4 is 10.6 Å². The lowest BCUT2D eigenvalue weighted by Crippen LogP contribution is -2.50. The summed E-state index contributed by atoms with van der Waals surface area (Å²) in [6.07, 6.45) is 0. The number of urea groups is 1. The number of hydrogen-bond donors (Lipinski definition) is 2. The minimum absolute atomic E-state index is 0.0404. The normalized spacial score (nSPS) is 20.3. The van der Waals surface area contributed by atoms with E-state index >= 15 is 0 Å². The Bertz CT molecular complexity index is 833. The van der Waals surface area contributed by atoms with Crippen LogP contribution in [0.4, 0.5) is 4.79 Å². The zero-order valence-corrected chi connectivity index (χ0v) is 15.4. The summed E-state index contributed by atoms with van der Waals surface area (Å²) in [4.78, 5) is 25.1. The molecule has 26 heavy (non-hydrogen) atoms. The minimum Gasteiger partial charge on any atom is -0.330 e. The first-order chi connectivity index (χ1) is 12.3. The van der Waals surface area contributed by atoms with Gasteiger partial charge in [-0.15, -0.1) is 0 Å². The smallest absolute Gasteiger partial charge is 0.319 e. The number of nitrogens with one attached hydrogen (secondary N) is 2. The van der Waals surface area contributed by atoms with Gasteiger partial charge in [0.05, 0.1) is 12.0 Å². The van der Waals surface area contributed by atoms with Crippen molar-refractivity contribution in [2.75, 3.05) is 0 Å². The number of carbonyl (C=O) groups excluding carboxylic acids is 2. The van der Waals surface area contributed by atoms with Gasteiger partial charge in [0.25, 0.3) is 0 Å². The molecule has 1 saturated heterocycles. The summed E-state index contributed by atoms with van der Waals surface area (Å²) in [6.45, 7) is 10.4. The summed E-state index contributed by atoms with van der Waals surface area (Å²) in [5.74, 6) is -0.622. The molecule has 1 aliphatic heterocycles. The van der Waals surface area contributed by atoms with Crippen LogP contribution in [0.1, 0.15) is 48.3 Å². The molecular formula is C22H24N2O2. The van der Waals surface area contributed by atoms with Crippen LogP contribution in [0.3, 0.4) is 0 Å². The molecule has 0 radical (unpaired) electrons. The summed E-state index contributed by atoms with van der Waals surface area (Å²) < 4.78 is 0. The Morgan fingerprint density at radius 3 is 2.19 bits per heavy atom. The highest BCUT2D eigenvalue weighted by atomic mass is 16.2. The Morgan fingerprint density at radius 1 is 1.00 bits per heavy atom. The highest BCUT2D eigenvalue weighted by Gasteiger charge is 2.38. The molecule has 0 spiro atoms. The Morgan fingerprint density at radius 2 is 1.62 bits per heavy atom. The summed E-state index contributed by atoms with van der Waals surface area (Å²) >= 11 is 0. The van der Waals surface area contributed by atoms with Crippen molar-refractivity contribution in [2.24, 2.45) is 5.92 Å². The predicted molar refractivity (Wildman–Crippen MR) is 103 cm³/mol. The van der Waals surface area contributed by atoms with E-state index in [1.54, 1.807) is 12.1 Å². The van der Waals surface area contributed by atoms with E-state index in [1.807, 2.05) is 30.3 Å². The lowest BCUT2D eigenvalue weighted by atomic mass is 9.81. The van der Waals surface area contributed by atoms with Crippen LogP contribution in [0.5, 0.6) is 0 Å². The average Bonchev–Trinajstić information content (AvgIpc) is 2.61. The molecule has 3 rings (SSSR count). The predicted octanol–water partition coefficient (Wildman–Crippen LogP) is 4.35. The van der Waals surface area contributed by atoms with E-state index in [2.05, 4.69) is 50.1 Å². The maximum Gasteiger partial charge on any atom is 0.319 e. The third kappa shape index (κ3) is 3.54. The monoisotopic (exact) mass is 348 g/mol. The molecule has 4 nitrogen and oxygen atoms in total. The number of ketones is 1. The molecule has 2 aromatic rings. The first kappa shape index (κ1) is 17.9. The number of Topliss-reactive ketones (excluding diaryl/α,β-unsaturated/α-hetero) is 1. The fourth-order valence-electron chi connectivity index (χ4n) is 3.24. The molecule has 2 amide bonds. The van der Waals surface area contributed by atoms with Gasteiger partial charge in [0.2, 0.25) is 0 Å². The van der Waals surface area contributed by atoms with Crippen molar-refractivity contribution >= 4 is 11.8 Å². The maximum atomic E-state index is 13.1. The standard InChI is InChI=1S/C22H24N2O2/c1-14-18(20(25)16-8-6-5-7-9-16)19(24-21(26)23-14)15-10-12-17(13-11-15)22(2,3)4/h5-13,18-19H,1H2,2-4H3,(H2,23,24,26)/t18-,19+/m1/s1. The van der Waals surface area contributed by atoms with Crippen LogP contribution in [0.25, 0.3) is 0 Å². The summed E-state index contributed by atoms with van der Waals surface area (Å²) in [5.41, 5.74) is 3.16. The van der Waals surface area contributed by atoms with Gasteiger partial charge >= 0.3 is 6.03 Å². The van der Waals surface area contributed by atoms with Crippen LogP contribution in [0.15, 0.2) is 66.9 Å². The second-order valence-corrected chi connectivity index (χ2v) is 7.68. The van der Waals surface area contributed by atoms with Crippen molar-refractivity contribution in [3.05, 3.63) is 83.6 Å². The number of amides is 2. The topological polar surface area (TPSA) is 58.2 Å². The first-order valence-electron chi connectivity index (χ1n) is 8.73. The van der Waals surface area contributed by atoms with Gasteiger partial charge in [-0.3, -0.25) is 4.79 Å². The molecule has 2 aromatic carbocycles. The molecular weight excluding hydrogens is 324 g/mol. The van der Waals surface area contributed by atoms with Crippen molar-refractivity contribution in [3.63, 3.8) is 0 Å². The van der Waals surface area contributed by atoms with E-state index in [-0.39, 0.29) is 17.2 Å². The Balaban J connectivity index is 1.97. The number of benzene rings is 2. The molecule has 134 valence electrons. The third-order valence-electron chi connectivity index (χ3n) is 4.75. The lowest BCUT2D eigenvalue weighted by molar-refractivity contribution is 0.0905. The van der Waals surface area contributed by atoms with Crippen molar-refractivity contribution in [2.45, 2.75) is 32.2 Å². The highest BCUT2D eigenvalue weighted by molar-refractivity contribution is 6.01. The van der Waals surface area contributed by atoms with Gasteiger partial charge in [-0.1, -0.05) is 81.9 Å². The van der Waals surface area contributed by atoms with Gasteiger partial charge in [-0.05, 0) is 16.5 Å². The van der Waals surface area contributed by atoms with Crippen LogP contribution in [0.2, 0.25) is 0 Å². The van der Waals surface area contributed by atoms with Gasteiger partial charge in [0.1, 0.15) is 0 Å². The second-order valence-electron chi connectivity index (χ2n) is 7.68. The van der Waals surface area contributed by atoms with E-state index < -0.39 is 12.0 Å². The van der Waals surface area contributed by atoms with E-state index in [9.17, 15) is 9.59 Å². The highest BCUT2D eigenvalue weighted by Crippen LogP contribution is 2.33. The maximum absolute atomic E-state index is 13.1. The molecule has 1 heterocycles. The van der Waals surface area contributed by atoms with Crippen molar-refractivity contribution in [1.29, 1.82) is 0 Å². The van der Waals surface area contributed by atoms with Crippen molar-refractivity contribution < 1.29 is 9.59 Å². The molecule has 4 heteroatoms. The molecule has 2 N–H and O–H groups in total. The second kappa shape index (κ2) is 6.79. The molecule has 2 atom stereocenters. The van der Waals surface area contributed by atoms with Crippen molar-refractivity contribution in [1.82, 2.24) is 10.6 Å². The van der Waals surface area contributed by atoms with Crippen LogP contribution in [-0.4, -0.2) is 11.8 Å². The van der Waals surface area contributed by atoms with Crippen LogP contribution in [0, 0.1) is 5.92 Å². The van der Waals surface area contributed by atoms with Gasteiger partial charge in [-0.2, -0.15) is 0 Å². The number of rotatable bonds is 3. The molecule has 0 bridgehead atoms. The van der Waals surface area contributed by atoms with E-state index in [0.717, 1.165) is 5.56 Å².